The monoisotopic (exact) mass is 350 g/mol. The fourth-order valence-electron chi connectivity index (χ4n) is 3.66. The number of carbonyl (C=O) groups excluding carboxylic acids is 1. The van der Waals surface area contributed by atoms with E-state index in [1.165, 1.54) is 16.7 Å². The van der Waals surface area contributed by atoms with Crippen LogP contribution < -0.4 is 5.32 Å². The van der Waals surface area contributed by atoms with Crippen molar-refractivity contribution in [2.24, 2.45) is 5.92 Å². The Morgan fingerprint density at radius 3 is 2.46 bits per heavy atom. The van der Waals surface area contributed by atoms with Crippen LogP contribution in [-0.4, -0.2) is 30.4 Å². The van der Waals surface area contributed by atoms with Crippen LogP contribution >= 0.6 is 0 Å². The highest BCUT2D eigenvalue weighted by Crippen LogP contribution is 2.22. The quantitative estimate of drug-likeness (QED) is 0.826. The molecule has 3 heteroatoms. The highest BCUT2D eigenvalue weighted by molar-refractivity contribution is 5.76. The Bertz CT molecular complexity index is 718. The summed E-state index contributed by atoms with van der Waals surface area (Å²) in [7, 11) is 0. The maximum absolute atomic E-state index is 12.5. The predicted octanol–water partition coefficient (Wildman–Crippen LogP) is 4.59. The number of piperidine rings is 1. The third-order valence-corrected chi connectivity index (χ3v) is 5.51. The lowest BCUT2D eigenvalue weighted by Crippen LogP contribution is -2.39. The maximum atomic E-state index is 12.5. The van der Waals surface area contributed by atoms with Gasteiger partial charge in [-0.25, -0.2) is 0 Å². The van der Waals surface area contributed by atoms with Crippen LogP contribution in [0.4, 0.5) is 5.69 Å². The topological polar surface area (TPSA) is 32.3 Å². The normalized spacial score (nSPS) is 15.1. The third kappa shape index (κ3) is 5.10. The van der Waals surface area contributed by atoms with Gasteiger partial charge in [0.2, 0.25) is 5.91 Å². The number of amides is 1. The van der Waals surface area contributed by atoms with Crippen molar-refractivity contribution in [3.8, 4) is 0 Å². The highest BCUT2D eigenvalue weighted by atomic mass is 16.2. The zero-order valence-electron chi connectivity index (χ0n) is 16.0. The number of anilines is 1. The SMILES string of the molecule is Cc1ccc(NCCC(=O)N2CCC(Cc3ccccc3)CC2)cc1C. The van der Waals surface area contributed by atoms with E-state index in [0.717, 1.165) is 38.0 Å². The summed E-state index contributed by atoms with van der Waals surface area (Å²) in [4.78, 5) is 14.5. The number of rotatable bonds is 6. The van der Waals surface area contributed by atoms with Crippen molar-refractivity contribution in [1.29, 1.82) is 0 Å². The molecular formula is C23H30N2O. The van der Waals surface area contributed by atoms with Gasteiger partial charge < -0.3 is 10.2 Å². The van der Waals surface area contributed by atoms with Gasteiger partial charge >= 0.3 is 0 Å². The van der Waals surface area contributed by atoms with Gasteiger partial charge in [0.15, 0.2) is 0 Å². The van der Waals surface area contributed by atoms with Gasteiger partial charge in [0.05, 0.1) is 0 Å². The van der Waals surface area contributed by atoms with E-state index in [1.807, 2.05) is 4.90 Å². The molecule has 1 saturated heterocycles. The lowest BCUT2D eigenvalue weighted by Gasteiger charge is -2.32. The molecule has 0 bridgehead atoms. The molecule has 26 heavy (non-hydrogen) atoms. The minimum atomic E-state index is 0.277. The molecule has 1 amide bonds. The summed E-state index contributed by atoms with van der Waals surface area (Å²) >= 11 is 0. The second kappa shape index (κ2) is 8.88. The summed E-state index contributed by atoms with van der Waals surface area (Å²) in [6.07, 6.45) is 3.93. The van der Waals surface area contributed by atoms with Crippen molar-refractivity contribution in [3.63, 3.8) is 0 Å². The number of nitrogens with one attached hydrogen (secondary N) is 1. The van der Waals surface area contributed by atoms with E-state index in [9.17, 15) is 4.79 Å². The summed E-state index contributed by atoms with van der Waals surface area (Å²) in [5, 5.41) is 3.38. The first-order valence-electron chi connectivity index (χ1n) is 9.74. The van der Waals surface area contributed by atoms with Crippen molar-refractivity contribution < 1.29 is 4.79 Å². The fraction of sp³-hybridized carbons (Fsp3) is 0.435. The molecule has 2 aromatic carbocycles. The number of carbonyl (C=O) groups is 1. The Balaban J connectivity index is 1.38. The number of nitrogens with zero attached hydrogens (tertiary/aromatic N) is 1. The van der Waals surface area contributed by atoms with Crippen molar-refractivity contribution in [1.82, 2.24) is 4.90 Å². The molecule has 0 saturated carbocycles. The van der Waals surface area contributed by atoms with Crippen LogP contribution in [0.25, 0.3) is 0 Å². The van der Waals surface area contributed by atoms with Crippen molar-refractivity contribution in [2.75, 3.05) is 25.0 Å². The van der Waals surface area contributed by atoms with Crippen LogP contribution in [0.15, 0.2) is 48.5 Å². The fourth-order valence-corrected chi connectivity index (χ4v) is 3.66. The van der Waals surface area contributed by atoms with Crippen LogP contribution in [0.5, 0.6) is 0 Å². The lowest BCUT2D eigenvalue weighted by atomic mass is 9.90. The average molecular weight is 351 g/mol. The standard InChI is InChI=1S/C23H30N2O/c1-18-8-9-22(16-19(18)2)24-13-10-23(26)25-14-11-21(12-15-25)17-20-6-4-3-5-7-20/h3-9,16,21,24H,10-15,17H2,1-2H3. The number of likely N-dealkylation sites (tertiary alicyclic amines) is 1. The second-order valence-corrected chi connectivity index (χ2v) is 7.49. The molecule has 1 aliphatic heterocycles. The molecule has 0 radical (unpaired) electrons. The van der Waals surface area contributed by atoms with Gasteiger partial charge in [0.25, 0.3) is 0 Å². The van der Waals surface area contributed by atoms with Crippen LogP contribution in [0, 0.1) is 19.8 Å². The van der Waals surface area contributed by atoms with Gasteiger partial charge in [-0.3, -0.25) is 4.79 Å². The molecule has 1 N–H and O–H groups in total. The van der Waals surface area contributed by atoms with Gasteiger partial charge in [0.1, 0.15) is 0 Å². The first-order valence-corrected chi connectivity index (χ1v) is 9.74. The minimum Gasteiger partial charge on any atom is -0.385 e. The minimum absolute atomic E-state index is 0.277. The smallest absolute Gasteiger partial charge is 0.224 e. The van der Waals surface area contributed by atoms with Gasteiger partial charge in [-0.05, 0) is 67.9 Å². The van der Waals surface area contributed by atoms with Gasteiger partial charge in [0, 0.05) is 31.7 Å². The molecule has 0 aromatic heterocycles. The largest absolute Gasteiger partial charge is 0.385 e. The van der Waals surface area contributed by atoms with Crippen molar-refractivity contribution in [3.05, 3.63) is 65.2 Å². The molecule has 2 aromatic rings. The highest BCUT2D eigenvalue weighted by Gasteiger charge is 2.22. The van der Waals surface area contributed by atoms with E-state index >= 15 is 0 Å². The van der Waals surface area contributed by atoms with Crippen molar-refractivity contribution >= 4 is 11.6 Å². The summed E-state index contributed by atoms with van der Waals surface area (Å²) in [6.45, 7) is 6.74. The first kappa shape index (κ1) is 18.5. The average Bonchev–Trinajstić information content (AvgIpc) is 2.66. The molecule has 0 atom stereocenters. The summed E-state index contributed by atoms with van der Waals surface area (Å²) < 4.78 is 0. The molecule has 3 nitrogen and oxygen atoms in total. The Hall–Kier alpha value is -2.29. The molecule has 3 rings (SSSR count). The molecule has 138 valence electrons. The Kier molecular flexibility index (Phi) is 6.32. The van der Waals surface area contributed by atoms with Crippen LogP contribution in [0.2, 0.25) is 0 Å². The Labute approximate surface area is 157 Å². The van der Waals surface area contributed by atoms with Gasteiger partial charge in [-0.2, -0.15) is 0 Å². The van der Waals surface area contributed by atoms with Crippen LogP contribution in [0.1, 0.15) is 36.0 Å². The van der Waals surface area contributed by atoms with E-state index in [-0.39, 0.29) is 5.91 Å². The summed E-state index contributed by atoms with van der Waals surface area (Å²) in [5.41, 5.74) is 5.09. The maximum Gasteiger partial charge on any atom is 0.224 e. The van der Waals surface area contributed by atoms with Crippen molar-refractivity contribution in [2.45, 2.75) is 39.5 Å². The zero-order valence-corrected chi connectivity index (χ0v) is 16.0. The number of hydrogen-bond donors (Lipinski definition) is 1. The third-order valence-electron chi connectivity index (χ3n) is 5.51. The van der Waals surface area contributed by atoms with E-state index in [1.54, 1.807) is 0 Å². The number of hydrogen-bond acceptors (Lipinski definition) is 2. The van der Waals surface area contributed by atoms with Gasteiger partial charge in [-0.15, -0.1) is 0 Å². The van der Waals surface area contributed by atoms with Crippen LogP contribution in [-0.2, 0) is 11.2 Å². The molecule has 1 fully saturated rings. The van der Waals surface area contributed by atoms with Gasteiger partial charge in [-0.1, -0.05) is 36.4 Å². The molecule has 0 unspecified atom stereocenters. The zero-order chi connectivity index (χ0) is 18.4. The number of aryl methyl sites for hydroxylation is 2. The molecule has 1 aliphatic rings. The number of benzene rings is 2. The Morgan fingerprint density at radius 2 is 1.77 bits per heavy atom. The Morgan fingerprint density at radius 1 is 1.04 bits per heavy atom. The lowest BCUT2D eigenvalue weighted by molar-refractivity contribution is -0.132. The van der Waals surface area contributed by atoms with E-state index in [2.05, 4.69) is 67.7 Å². The molecular weight excluding hydrogens is 320 g/mol. The molecule has 1 heterocycles. The second-order valence-electron chi connectivity index (χ2n) is 7.49. The first-order chi connectivity index (χ1) is 12.6. The summed E-state index contributed by atoms with van der Waals surface area (Å²) in [6, 6.07) is 17.0. The summed E-state index contributed by atoms with van der Waals surface area (Å²) in [5.74, 6) is 0.981. The van der Waals surface area contributed by atoms with E-state index < -0.39 is 0 Å². The predicted molar refractivity (Wildman–Crippen MR) is 108 cm³/mol. The molecule has 0 aliphatic carbocycles. The van der Waals surface area contributed by atoms with E-state index in [4.69, 9.17) is 0 Å². The van der Waals surface area contributed by atoms with E-state index in [0.29, 0.717) is 18.9 Å². The molecule has 0 spiro atoms. The van der Waals surface area contributed by atoms with Crippen LogP contribution in [0.3, 0.4) is 0 Å².